The lowest BCUT2D eigenvalue weighted by molar-refractivity contribution is 0.0516. The standard InChI is InChI=1S/C29H27N3O5/c1-3-36-29(34)28-27-26(25(33)17-18-31(27)19-20-9-13-22(35-2)14-10-20)30-32(28)21-11-15-24(16-12-21)37-23-7-5-4-6-8-23/h4-16H,3,17-19H2,1-2H3. The molecule has 0 N–H and O–H groups in total. The van der Waals surface area contributed by atoms with Gasteiger partial charge in [-0.1, -0.05) is 30.3 Å². The third-order valence-electron chi connectivity index (χ3n) is 6.11. The molecular formula is C29H27N3O5. The van der Waals surface area contributed by atoms with Crippen LogP contribution in [0, 0.1) is 0 Å². The molecule has 188 valence electrons. The molecule has 8 heteroatoms. The molecule has 0 radical (unpaired) electrons. The molecule has 4 aromatic rings. The number of benzene rings is 3. The van der Waals surface area contributed by atoms with Crippen molar-refractivity contribution in [3.8, 4) is 22.9 Å². The van der Waals surface area contributed by atoms with E-state index >= 15 is 0 Å². The number of fused-ring (bicyclic) bond motifs is 1. The Morgan fingerprint density at radius 2 is 1.59 bits per heavy atom. The highest BCUT2D eigenvalue weighted by atomic mass is 16.5. The third-order valence-corrected chi connectivity index (χ3v) is 6.11. The van der Waals surface area contributed by atoms with Crippen LogP contribution < -0.4 is 14.4 Å². The van der Waals surface area contributed by atoms with Gasteiger partial charge in [0.2, 0.25) is 0 Å². The van der Waals surface area contributed by atoms with Crippen LogP contribution >= 0.6 is 0 Å². The van der Waals surface area contributed by atoms with Crippen LogP contribution in [-0.4, -0.2) is 41.8 Å². The Hall–Kier alpha value is -4.59. The summed E-state index contributed by atoms with van der Waals surface area (Å²) in [6.07, 6.45) is 0.312. The van der Waals surface area contributed by atoms with E-state index in [0.29, 0.717) is 36.6 Å². The number of Topliss-reactive ketones (excluding diaryl/α,β-unsaturated/α-hetero) is 1. The highest BCUT2D eigenvalue weighted by molar-refractivity contribution is 6.07. The number of carbonyl (C=O) groups is 2. The molecule has 3 aromatic carbocycles. The number of nitrogens with zero attached hydrogens (tertiary/aromatic N) is 3. The summed E-state index contributed by atoms with van der Waals surface area (Å²) in [6, 6.07) is 24.4. The monoisotopic (exact) mass is 497 g/mol. The van der Waals surface area contributed by atoms with Gasteiger partial charge in [-0.2, -0.15) is 5.10 Å². The average molecular weight is 498 g/mol. The van der Waals surface area contributed by atoms with Crippen LogP contribution in [0.2, 0.25) is 0 Å². The lowest BCUT2D eigenvalue weighted by Gasteiger charge is -2.28. The molecule has 1 aliphatic heterocycles. The lowest BCUT2D eigenvalue weighted by atomic mass is 10.0. The lowest BCUT2D eigenvalue weighted by Crippen LogP contribution is -2.32. The van der Waals surface area contributed by atoms with E-state index in [-0.39, 0.29) is 23.8 Å². The number of ketones is 1. The van der Waals surface area contributed by atoms with E-state index in [1.165, 1.54) is 4.68 Å². The van der Waals surface area contributed by atoms with E-state index in [9.17, 15) is 9.59 Å². The van der Waals surface area contributed by atoms with Crippen molar-refractivity contribution in [2.75, 3.05) is 25.2 Å². The Kier molecular flexibility index (Phi) is 6.89. The first-order chi connectivity index (χ1) is 18.1. The maximum atomic E-state index is 13.2. The SMILES string of the molecule is CCOC(=O)c1c2c(nn1-c1ccc(Oc3ccccc3)cc1)C(=O)CCN2Cc1ccc(OC)cc1. The largest absolute Gasteiger partial charge is 0.497 e. The summed E-state index contributed by atoms with van der Waals surface area (Å²) in [5.74, 6) is 1.49. The van der Waals surface area contributed by atoms with Gasteiger partial charge in [0, 0.05) is 19.5 Å². The zero-order valence-electron chi connectivity index (χ0n) is 20.7. The number of methoxy groups -OCH3 is 1. The maximum Gasteiger partial charge on any atom is 0.359 e. The predicted octanol–water partition coefficient (Wildman–Crippen LogP) is 5.44. The van der Waals surface area contributed by atoms with E-state index in [1.54, 1.807) is 38.3 Å². The number of para-hydroxylation sites is 1. The molecule has 5 rings (SSSR count). The van der Waals surface area contributed by atoms with Gasteiger partial charge in [0.05, 0.1) is 19.4 Å². The van der Waals surface area contributed by atoms with Gasteiger partial charge in [0.1, 0.15) is 22.9 Å². The number of rotatable bonds is 8. The van der Waals surface area contributed by atoms with Crippen molar-refractivity contribution in [3.05, 3.63) is 95.8 Å². The Bertz CT molecular complexity index is 1400. The van der Waals surface area contributed by atoms with Crippen molar-refractivity contribution in [2.24, 2.45) is 0 Å². The quantitative estimate of drug-likeness (QED) is 0.300. The molecule has 0 fully saturated rings. The minimum Gasteiger partial charge on any atom is -0.497 e. The van der Waals surface area contributed by atoms with Gasteiger partial charge < -0.3 is 19.1 Å². The Morgan fingerprint density at radius 3 is 2.27 bits per heavy atom. The fourth-order valence-corrected chi connectivity index (χ4v) is 4.32. The van der Waals surface area contributed by atoms with E-state index < -0.39 is 5.97 Å². The summed E-state index contributed by atoms with van der Waals surface area (Å²) in [7, 11) is 1.62. The molecule has 0 spiro atoms. The van der Waals surface area contributed by atoms with Crippen molar-refractivity contribution < 1.29 is 23.8 Å². The number of aromatic nitrogens is 2. The smallest absolute Gasteiger partial charge is 0.359 e. The van der Waals surface area contributed by atoms with Gasteiger partial charge in [-0.3, -0.25) is 4.79 Å². The predicted molar refractivity (Wildman–Crippen MR) is 139 cm³/mol. The Labute approximate surface area is 215 Å². The van der Waals surface area contributed by atoms with Crippen LogP contribution in [0.3, 0.4) is 0 Å². The Balaban J connectivity index is 1.52. The molecule has 2 heterocycles. The molecule has 0 bridgehead atoms. The van der Waals surface area contributed by atoms with Crippen LogP contribution in [0.5, 0.6) is 17.2 Å². The summed E-state index contributed by atoms with van der Waals surface area (Å²) in [5.41, 5.74) is 2.64. The van der Waals surface area contributed by atoms with Crippen LogP contribution in [0.15, 0.2) is 78.9 Å². The van der Waals surface area contributed by atoms with Gasteiger partial charge in [0.25, 0.3) is 0 Å². The molecule has 0 saturated carbocycles. The van der Waals surface area contributed by atoms with E-state index in [1.807, 2.05) is 59.5 Å². The Morgan fingerprint density at radius 1 is 0.919 bits per heavy atom. The highest BCUT2D eigenvalue weighted by Gasteiger charge is 2.35. The first-order valence-corrected chi connectivity index (χ1v) is 12.1. The maximum absolute atomic E-state index is 13.2. The van der Waals surface area contributed by atoms with Crippen molar-refractivity contribution in [2.45, 2.75) is 19.9 Å². The molecule has 0 unspecified atom stereocenters. The second-order valence-corrected chi connectivity index (χ2v) is 8.53. The van der Waals surface area contributed by atoms with Gasteiger partial charge in [-0.05, 0) is 61.0 Å². The summed E-state index contributed by atoms with van der Waals surface area (Å²) < 4.78 is 18.1. The summed E-state index contributed by atoms with van der Waals surface area (Å²) >= 11 is 0. The minimum absolute atomic E-state index is 0.102. The second-order valence-electron chi connectivity index (χ2n) is 8.53. The third kappa shape index (κ3) is 5.04. The molecule has 37 heavy (non-hydrogen) atoms. The molecule has 0 amide bonds. The molecule has 1 aliphatic rings. The van der Waals surface area contributed by atoms with Gasteiger partial charge >= 0.3 is 5.97 Å². The van der Waals surface area contributed by atoms with Crippen molar-refractivity contribution in [3.63, 3.8) is 0 Å². The number of anilines is 1. The molecule has 0 saturated heterocycles. The number of esters is 1. The van der Waals surface area contributed by atoms with Crippen LogP contribution in [0.25, 0.3) is 5.69 Å². The fraction of sp³-hybridized carbons (Fsp3) is 0.207. The van der Waals surface area contributed by atoms with Crippen LogP contribution in [0.4, 0.5) is 5.69 Å². The van der Waals surface area contributed by atoms with Crippen LogP contribution in [0.1, 0.15) is 39.9 Å². The number of hydrogen-bond donors (Lipinski definition) is 0. The molecule has 0 atom stereocenters. The van der Waals surface area contributed by atoms with Crippen molar-refractivity contribution >= 4 is 17.4 Å². The normalized spacial score (nSPS) is 12.7. The van der Waals surface area contributed by atoms with Crippen molar-refractivity contribution in [1.29, 1.82) is 0 Å². The molecule has 1 aromatic heterocycles. The first-order valence-electron chi connectivity index (χ1n) is 12.1. The van der Waals surface area contributed by atoms with Gasteiger partial charge in [0.15, 0.2) is 17.2 Å². The highest BCUT2D eigenvalue weighted by Crippen LogP contribution is 2.35. The fourth-order valence-electron chi connectivity index (χ4n) is 4.32. The average Bonchev–Trinajstić information content (AvgIpc) is 3.34. The minimum atomic E-state index is -0.532. The van der Waals surface area contributed by atoms with Gasteiger partial charge in [-0.25, -0.2) is 9.48 Å². The van der Waals surface area contributed by atoms with E-state index in [0.717, 1.165) is 17.1 Å². The zero-order valence-corrected chi connectivity index (χ0v) is 20.7. The summed E-state index contributed by atoms with van der Waals surface area (Å²) in [5, 5.41) is 4.60. The number of carbonyl (C=O) groups excluding carboxylic acids is 2. The number of hydrogen-bond acceptors (Lipinski definition) is 7. The molecule has 8 nitrogen and oxygen atoms in total. The van der Waals surface area contributed by atoms with Gasteiger partial charge in [-0.15, -0.1) is 0 Å². The van der Waals surface area contributed by atoms with E-state index in [2.05, 4.69) is 5.10 Å². The summed E-state index contributed by atoms with van der Waals surface area (Å²) in [6.45, 7) is 2.93. The topological polar surface area (TPSA) is 82.9 Å². The number of ether oxygens (including phenoxy) is 3. The first kappa shape index (κ1) is 24.1. The molecule has 0 aliphatic carbocycles. The van der Waals surface area contributed by atoms with E-state index in [4.69, 9.17) is 14.2 Å². The zero-order chi connectivity index (χ0) is 25.8. The van der Waals surface area contributed by atoms with Crippen LogP contribution in [-0.2, 0) is 11.3 Å². The van der Waals surface area contributed by atoms with Crippen molar-refractivity contribution in [1.82, 2.24) is 9.78 Å². The molecular weight excluding hydrogens is 470 g/mol. The summed E-state index contributed by atoms with van der Waals surface area (Å²) in [4.78, 5) is 28.1. The second kappa shape index (κ2) is 10.6.